The second kappa shape index (κ2) is 11.1. The third-order valence-corrected chi connectivity index (χ3v) is 3.66. The number of ether oxygens (including phenoxy) is 2. The summed E-state index contributed by atoms with van der Waals surface area (Å²) in [5.74, 6) is 2.53. The zero-order valence-corrected chi connectivity index (χ0v) is 14.6. The number of esters is 1. The van der Waals surface area contributed by atoms with Crippen LogP contribution in [-0.2, 0) is 14.3 Å². The van der Waals surface area contributed by atoms with E-state index < -0.39 is 0 Å². The number of carbonyl (C=O) groups is 1. The molecule has 0 spiro atoms. The number of hydrogen-bond donors (Lipinski definition) is 0. The Morgan fingerprint density at radius 2 is 2.09 bits per heavy atom. The maximum atomic E-state index is 11.5. The molecular weight excluding hydrogens is 276 g/mol. The van der Waals surface area contributed by atoms with Crippen LogP contribution in [0.4, 0.5) is 0 Å². The summed E-state index contributed by atoms with van der Waals surface area (Å²) in [4.78, 5) is 11.5. The molecule has 0 aromatic rings. The zero-order chi connectivity index (χ0) is 17.0. The van der Waals surface area contributed by atoms with E-state index in [4.69, 9.17) is 15.9 Å². The molecule has 1 atom stereocenters. The Labute approximate surface area is 135 Å². The van der Waals surface area contributed by atoms with Crippen molar-refractivity contribution in [3.8, 4) is 12.3 Å². The highest BCUT2D eigenvalue weighted by Crippen LogP contribution is 2.20. The lowest BCUT2D eigenvalue weighted by atomic mass is 9.95. The van der Waals surface area contributed by atoms with Crippen LogP contribution in [0.15, 0.2) is 23.8 Å². The minimum absolute atomic E-state index is 0.0165. The predicted octanol–water partition coefficient (Wildman–Crippen LogP) is 4.29. The molecule has 0 heterocycles. The van der Waals surface area contributed by atoms with Gasteiger partial charge in [0, 0.05) is 12.7 Å². The Morgan fingerprint density at radius 1 is 1.41 bits per heavy atom. The summed E-state index contributed by atoms with van der Waals surface area (Å²) in [6, 6.07) is 0. The van der Waals surface area contributed by atoms with E-state index in [-0.39, 0.29) is 18.2 Å². The second-order valence-corrected chi connectivity index (χ2v) is 6.26. The average Bonchev–Trinajstić information content (AvgIpc) is 2.48. The van der Waals surface area contributed by atoms with Gasteiger partial charge < -0.3 is 9.47 Å². The molecule has 0 aromatic heterocycles. The smallest absolute Gasteiger partial charge is 0.334 e. The molecule has 0 aliphatic rings. The largest absolute Gasteiger partial charge is 0.449 e. The zero-order valence-electron chi connectivity index (χ0n) is 14.6. The van der Waals surface area contributed by atoms with Gasteiger partial charge in [-0.2, -0.15) is 0 Å². The lowest BCUT2D eigenvalue weighted by Crippen LogP contribution is -2.22. The summed E-state index contributed by atoms with van der Waals surface area (Å²) in [6.45, 7) is 8.21. The van der Waals surface area contributed by atoms with Crippen LogP contribution in [0.25, 0.3) is 0 Å². The summed E-state index contributed by atoms with van der Waals surface area (Å²) in [5.41, 5.74) is 0.523. The van der Waals surface area contributed by atoms with Crippen LogP contribution >= 0.6 is 0 Å². The lowest BCUT2D eigenvalue weighted by Gasteiger charge is -2.23. The van der Waals surface area contributed by atoms with Crippen molar-refractivity contribution in [1.82, 2.24) is 0 Å². The first-order valence-corrected chi connectivity index (χ1v) is 7.81. The number of terminal acetylenes is 1. The highest BCUT2D eigenvalue weighted by Gasteiger charge is 2.15. The summed E-state index contributed by atoms with van der Waals surface area (Å²) in [6.07, 6.45) is 15.2. The van der Waals surface area contributed by atoms with E-state index in [0.717, 1.165) is 19.3 Å². The van der Waals surface area contributed by atoms with Gasteiger partial charge >= 0.3 is 5.97 Å². The van der Waals surface area contributed by atoms with Gasteiger partial charge in [0.25, 0.3) is 0 Å². The number of hydrogen-bond acceptors (Lipinski definition) is 3. The highest BCUT2D eigenvalue weighted by molar-refractivity contribution is 5.88. The van der Waals surface area contributed by atoms with Crippen LogP contribution in [0, 0.1) is 18.3 Å². The first-order valence-electron chi connectivity index (χ1n) is 7.81. The topological polar surface area (TPSA) is 35.5 Å². The van der Waals surface area contributed by atoms with Crippen LogP contribution in [0.1, 0.15) is 53.4 Å². The maximum Gasteiger partial charge on any atom is 0.334 e. The van der Waals surface area contributed by atoms with Gasteiger partial charge in [0.2, 0.25) is 0 Å². The van der Waals surface area contributed by atoms with Crippen molar-refractivity contribution in [2.45, 2.75) is 59.0 Å². The van der Waals surface area contributed by atoms with E-state index in [9.17, 15) is 4.79 Å². The van der Waals surface area contributed by atoms with Crippen LogP contribution < -0.4 is 0 Å². The normalized spacial score (nSPS) is 13.9. The van der Waals surface area contributed by atoms with Gasteiger partial charge in [0.1, 0.15) is 0 Å². The fourth-order valence-electron chi connectivity index (χ4n) is 1.91. The standard InChI is InChI=1S/C19H30O3/c1-7-15-22-18(20)17(3)13-9-8-11-16(2)12-10-14-19(4,5)21-6/h1,8-9,13,16H,10-12,14-15H2,2-6H3. The number of allylic oxidation sites excluding steroid dienone is 3. The van der Waals surface area contributed by atoms with Crippen molar-refractivity contribution < 1.29 is 14.3 Å². The highest BCUT2D eigenvalue weighted by atomic mass is 16.5. The van der Waals surface area contributed by atoms with E-state index >= 15 is 0 Å². The first-order chi connectivity index (χ1) is 10.3. The Kier molecular flexibility index (Phi) is 10.3. The number of rotatable bonds is 10. The van der Waals surface area contributed by atoms with E-state index in [1.807, 2.05) is 6.08 Å². The fraction of sp³-hybridized carbons (Fsp3) is 0.632. The molecule has 0 aromatic carbocycles. The first kappa shape index (κ1) is 20.5. The van der Waals surface area contributed by atoms with Crippen molar-refractivity contribution in [3.63, 3.8) is 0 Å². The van der Waals surface area contributed by atoms with Gasteiger partial charge in [-0.3, -0.25) is 0 Å². The SMILES string of the molecule is C#CCOC(=O)C(C)=CC=CCC(C)CCCC(C)(C)OC. The summed E-state index contributed by atoms with van der Waals surface area (Å²) < 4.78 is 10.3. The number of methoxy groups -OCH3 is 1. The van der Waals surface area contributed by atoms with E-state index in [1.54, 1.807) is 20.1 Å². The van der Waals surface area contributed by atoms with E-state index in [1.165, 1.54) is 6.42 Å². The maximum absolute atomic E-state index is 11.5. The molecule has 0 fully saturated rings. The molecule has 3 heteroatoms. The van der Waals surface area contributed by atoms with Crippen molar-refractivity contribution in [1.29, 1.82) is 0 Å². The van der Waals surface area contributed by atoms with Crippen molar-refractivity contribution >= 4 is 5.97 Å². The molecule has 0 saturated carbocycles. The molecule has 3 nitrogen and oxygen atoms in total. The van der Waals surface area contributed by atoms with Gasteiger partial charge in [-0.05, 0) is 39.5 Å². The molecule has 0 aliphatic heterocycles. The molecule has 124 valence electrons. The second-order valence-electron chi connectivity index (χ2n) is 6.26. The van der Waals surface area contributed by atoms with E-state index in [0.29, 0.717) is 11.5 Å². The third-order valence-electron chi connectivity index (χ3n) is 3.66. The van der Waals surface area contributed by atoms with Crippen LogP contribution in [-0.4, -0.2) is 25.3 Å². The average molecular weight is 306 g/mol. The number of carbonyl (C=O) groups excluding carboxylic acids is 1. The molecule has 0 amide bonds. The molecule has 22 heavy (non-hydrogen) atoms. The summed E-state index contributed by atoms with van der Waals surface area (Å²) in [7, 11) is 1.76. The van der Waals surface area contributed by atoms with Crippen LogP contribution in [0.2, 0.25) is 0 Å². The minimum Gasteiger partial charge on any atom is -0.449 e. The Morgan fingerprint density at radius 3 is 2.68 bits per heavy atom. The van der Waals surface area contributed by atoms with Gasteiger partial charge in [-0.25, -0.2) is 4.79 Å². The van der Waals surface area contributed by atoms with E-state index in [2.05, 4.69) is 32.8 Å². The quantitative estimate of drug-likeness (QED) is 0.261. The minimum atomic E-state index is -0.363. The van der Waals surface area contributed by atoms with Crippen LogP contribution in [0.3, 0.4) is 0 Å². The van der Waals surface area contributed by atoms with Gasteiger partial charge in [0.05, 0.1) is 5.60 Å². The predicted molar refractivity (Wildman–Crippen MR) is 91.4 cm³/mol. The Balaban J connectivity index is 4.01. The monoisotopic (exact) mass is 306 g/mol. The van der Waals surface area contributed by atoms with Crippen molar-refractivity contribution in [2.75, 3.05) is 13.7 Å². The third kappa shape index (κ3) is 10.2. The van der Waals surface area contributed by atoms with Gasteiger partial charge in [-0.15, -0.1) is 6.42 Å². The molecule has 0 saturated heterocycles. The van der Waals surface area contributed by atoms with Crippen molar-refractivity contribution in [2.24, 2.45) is 5.92 Å². The lowest BCUT2D eigenvalue weighted by molar-refractivity contribution is -0.137. The van der Waals surface area contributed by atoms with Gasteiger partial charge in [0.15, 0.2) is 6.61 Å². The summed E-state index contributed by atoms with van der Waals surface area (Å²) >= 11 is 0. The molecule has 0 aliphatic carbocycles. The molecule has 1 unspecified atom stereocenters. The molecule has 0 bridgehead atoms. The summed E-state index contributed by atoms with van der Waals surface area (Å²) in [5, 5.41) is 0. The van der Waals surface area contributed by atoms with Gasteiger partial charge in [-0.1, -0.05) is 43.9 Å². The fourth-order valence-corrected chi connectivity index (χ4v) is 1.91. The van der Waals surface area contributed by atoms with Crippen LogP contribution in [0.5, 0.6) is 0 Å². The molecule has 0 rings (SSSR count). The molecule has 0 radical (unpaired) electrons. The molecule has 0 N–H and O–H groups in total. The Hall–Kier alpha value is -1.53. The van der Waals surface area contributed by atoms with Crippen molar-refractivity contribution in [3.05, 3.63) is 23.8 Å². The molecular formula is C19H30O3. The Bertz CT molecular complexity index is 424.